The molecule has 0 amide bonds. The standard InChI is InChI=1S/C12H8ClF3S/c13-10-6-5-9(4-3-8-1-2-8)11(7-10)17-12(14,15)16/h5-8H,1-2H2. The van der Waals surface area contributed by atoms with Crippen LogP contribution in [0.3, 0.4) is 0 Å². The van der Waals surface area contributed by atoms with Crippen LogP contribution in [0.5, 0.6) is 0 Å². The summed E-state index contributed by atoms with van der Waals surface area (Å²) in [6.07, 6.45) is 2.09. The van der Waals surface area contributed by atoms with Crippen molar-refractivity contribution < 1.29 is 13.2 Å². The summed E-state index contributed by atoms with van der Waals surface area (Å²) >= 11 is 5.52. The van der Waals surface area contributed by atoms with Crippen LogP contribution in [-0.4, -0.2) is 5.51 Å². The number of benzene rings is 1. The van der Waals surface area contributed by atoms with E-state index in [4.69, 9.17) is 11.6 Å². The SMILES string of the molecule is FC(F)(F)Sc1cc(Cl)ccc1C#CC1CC1. The molecule has 1 aliphatic rings. The van der Waals surface area contributed by atoms with Gasteiger partial charge in [0.15, 0.2) is 0 Å². The van der Waals surface area contributed by atoms with Crippen molar-refractivity contribution >= 4 is 23.4 Å². The van der Waals surface area contributed by atoms with Crippen molar-refractivity contribution in [2.75, 3.05) is 0 Å². The summed E-state index contributed by atoms with van der Waals surface area (Å²) in [5.41, 5.74) is -3.93. The molecule has 0 saturated heterocycles. The Morgan fingerprint density at radius 1 is 1.29 bits per heavy atom. The lowest BCUT2D eigenvalue weighted by molar-refractivity contribution is -0.0328. The second-order valence-electron chi connectivity index (χ2n) is 3.73. The molecular weight excluding hydrogens is 269 g/mol. The molecule has 0 radical (unpaired) electrons. The lowest BCUT2D eigenvalue weighted by atomic mass is 10.2. The monoisotopic (exact) mass is 276 g/mol. The smallest absolute Gasteiger partial charge is 0.160 e. The second kappa shape index (κ2) is 4.83. The van der Waals surface area contributed by atoms with Crippen LogP contribution in [0.2, 0.25) is 5.02 Å². The highest BCUT2D eigenvalue weighted by Gasteiger charge is 2.30. The fraction of sp³-hybridized carbons (Fsp3) is 0.333. The van der Waals surface area contributed by atoms with Gasteiger partial charge in [-0.15, -0.1) is 0 Å². The van der Waals surface area contributed by atoms with E-state index in [1.807, 2.05) is 0 Å². The zero-order chi connectivity index (χ0) is 12.5. The zero-order valence-electron chi connectivity index (χ0n) is 8.64. The minimum Gasteiger partial charge on any atom is -0.160 e. The van der Waals surface area contributed by atoms with Crippen LogP contribution >= 0.6 is 23.4 Å². The van der Waals surface area contributed by atoms with Gasteiger partial charge in [0, 0.05) is 21.4 Å². The average Bonchev–Trinajstić information content (AvgIpc) is 2.97. The summed E-state index contributed by atoms with van der Waals surface area (Å²) < 4.78 is 37.0. The summed E-state index contributed by atoms with van der Waals surface area (Å²) in [4.78, 5) is 0.0677. The maximum absolute atomic E-state index is 12.3. The number of thioether (sulfide) groups is 1. The largest absolute Gasteiger partial charge is 0.446 e. The lowest BCUT2D eigenvalue weighted by Gasteiger charge is -2.07. The third-order valence-electron chi connectivity index (χ3n) is 2.16. The first-order valence-corrected chi connectivity index (χ1v) is 6.20. The fourth-order valence-electron chi connectivity index (χ4n) is 1.22. The van der Waals surface area contributed by atoms with Gasteiger partial charge in [-0.05, 0) is 42.8 Å². The van der Waals surface area contributed by atoms with E-state index >= 15 is 0 Å². The second-order valence-corrected chi connectivity index (χ2v) is 5.28. The van der Waals surface area contributed by atoms with E-state index < -0.39 is 5.51 Å². The Labute approximate surface area is 107 Å². The van der Waals surface area contributed by atoms with E-state index in [-0.39, 0.29) is 21.7 Å². The number of halogens is 4. The molecule has 0 spiro atoms. The van der Waals surface area contributed by atoms with Gasteiger partial charge in [-0.25, -0.2) is 0 Å². The van der Waals surface area contributed by atoms with Crippen LogP contribution < -0.4 is 0 Å². The molecule has 0 bridgehead atoms. The highest BCUT2D eigenvalue weighted by molar-refractivity contribution is 8.00. The lowest BCUT2D eigenvalue weighted by Crippen LogP contribution is -2.00. The summed E-state index contributed by atoms with van der Waals surface area (Å²) in [5, 5.41) is 0.286. The van der Waals surface area contributed by atoms with Crippen LogP contribution in [0.1, 0.15) is 18.4 Å². The van der Waals surface area contributed by atoms with Gasteiger partial charge in [0.05, 0.1) is 0 Å². The number of rotatable bonds is 1. The Balaban J connectivity index is 2.27. The van der Waals surface area contributed by atoms with E-state index in [1.165, 1.54) is 12.1 Å². The van der Waals surface area contributed by atoms with E-state index in [2.05, 4.69) is 11.8 Å². The Morgan fingerprint density at radius 2 is 2.00 bits per heavy atom. The van der Waals surface area contributed by atoms with Crippen LogP contribution in [0, 0.1) is 17.8 Å². The normalized spacial score (nSPS) is 15.3. The van der Waals surface area contributed by atoms with Gasteiger partial charge in [-0.3, -0.25) is 0 Å². The summed E-state index contributed by atoms with van der Waals surface area (Å²) in [6, 6.07) is 4.39. The van der Waals surface area contributed by atoms with E-state index in [0.29, 0.717) is 11.5 Å². The van der Waals surface area contributed by atoms with E-state index in [1.54, 1.807) is 6.07 Å². The van der Waals surface area contributed by atoms with Crippen LogP contribution in [0.15, 0.2) is 23.1 Å². The zero-order valence-corrected chi connectivity index (χ0v) is 10.2. The van der Waals surface area contributed by atoms with Crippen LogP contribution in [0.25, 0.3) is 0 Å². The molecule has 0 N–H and O–H groups in total. The van der Waals surface area contributed by atoms with Gasteiger partial charge in [-0.2, -0.15) is 13.2 Å². The molecule has 17 heavy (non-hydrogen) atoms. The van der Waals surface area contributed by atoms with Crippen molar-refractivity contribution in [2.45, 2.75) is 23.2 Å². The molecule has 0 aromatic heterocycles. The Hall–Kier alpha value is -0.790. The Morgan fingerprint density at radius 3 is 2.59 bits per heavy atom. The molecular formula is C12H8ClF3S. The topological polar surface area (TPSA) is 0 Å². The highest BCUT2D eigenvalue weighted by atomic mass is 35.5. The summed E-state index contributed by atoms with van der Waals surface area (Å²) in [7, 11) is 0. The van der Waals surface area contributed by atoms with Crippen molar-refractivity contribution in [2.24, 2.45) is 5.92 Å². The molecule has 1 aliphatic carbocycles. The molecule has 1 fully saturated rings. The van der Waals surface area contributed by atoms with Crippen LogP contribution in [0.4, 0.5) is 13.2 Å². The summed E-state index contributed by atoms with van der Waals surface area (Å²) in [5.74, 6) is 6.10. The first-order chi connectivity index (χ1) is 7.94. The maximum Gasteiger partial charge on any atom is 0.446 e. The number of hydrogen-bond donors (Lipinski definition) is 0. The molecule has 1 saturated carbocycles. The van der Waals surface area contributed by atoms with Gasteiger partial charge in [0.25, 0.3) is 0 Å². The molecule has 0 atom stereocenters. The maximum atomic E-state index is 12.3. The molecule has 0 unspecified atom stereocenters. The van der Waals surface area contributed by atoms with Crippen molar-refractivity contribution in [3.05, 3.63) is 28.8 Å². The van der Waals surface area contributed by atoms with Crippen molar-refractivity contribution in [3.63, 3.8) is 0 Å². The van der Waals surface area contributed by atoms with Crippen LogP contribution in [-0.2, 0) is 0 Å². The Kier molecular flexibility index (Phi) is 3.60. The predicted octanol–water partition coefficient (Wildman–Crippen LogP) is 4.71. The number of hydrogen-bond acceptors (Lipinski definition) is 1. The number of alkyl halides is 3. The third kappa shape index (κ3) is 4.18. The van der Waals surface area contributed by atoms with Gasteiger partial charge < -0.3 is 0 Å². The quantitative estimate of drug-likeness (QED) is 0.529. The molecule has 90 valence electrons. The Bertz CT molecular complexity index is 481. The first kappa shape index (κ1) is 12.7. The molecule has 5 heteroatoms. The van der Waals surface area contributed by atoms with Crippen molar-refractivity contribution in [1.82, 2.24) is 0 Å². The predicted molar refractivity (Wildman–Crippen MR) is 63.0 cm³/mol. The van der Waals surface area contributed by atoms with Gasteiger partial charge in [0.1, 0.15) is 0 Å². The van der Waals surface area contributed by atoms with E-state index in [0.717, 1.165) is 12.8 Å². The molecule has 0 nitrogen and oxygen atoms in total. The summed E-state index contributed by atoms with van der Waals surface area (Å²) in [6.45, 7) is 0. The van der Waals surface area contributed by atoms with Gasteiger partial charge in [-0.1, -0.05) is 23.4 Å². The van der Waals surface area contributed by atoms with Gasteiger partial charge >= 0.3 is 5.51 Å². The minimum absolute atomic E-state index is 0.0677. The minimum atomic E-state index is -4.32. The van der Waals surface area contributed by atoms with Crippen molar-refractivity contribution in [1.29, 1.82) is 0 Å². The molecule has 0 heterocycles. The van der Waals surface area contributed by atoms with Crippen molar-refractivity contribution in [3.8, 4) is 11.8 Å². The average molecular weight is 277 g/mol. The van der Waals surface area contributed by atoms with E-state index in [9.17, 15) is 13.2 Å². The van der Waals surface area contributed by atoms with Gasteiger partial charge in [0.2, 0.25) is 0 Å². The highest BCUT2D eigenvalue weighted by Crippen LogP contribution is 2.39. The molecule has 1 aromatic rings. The fourth-order valence-corrected chi connectivity index (χ4v) is 2.12. The first-order valence-electron chi connectivity index (χ1n) is 5.01. The molecule has 1 aromatic carbocycles. The third-order valence-corrected chi connectivity index (χ3v) is 3.18. The molecule has 0 aliphatic heterocycles. The molecule has 2 rings (SSSR count).